The topological polar surface area (TPSA) is 55.7 Å². The van der Waals surface area contributed by atoms with Crippen LogP contribution in [0.2, 0.25) is 0 Å². The van der Waals surface area contributed by atoms with Crippen molar-refractivity contribution in [3.63, 3.8) is 0 Å². The average Bonchev–Trinajstić information content (AvgIpc) is 3.38. The zero-order chi connectivity index (χ0) is 19.0. The second-order valence-corrected chi connectivity index (χ2v) is 6.65. The van der Waals surface area contributed by atoms with E-state index in [4.69, 9.17) is 9.40 Å². The molecule has 0 amide bonds. The van der Waals surface area contributed by atoms with Crippen molar-refractivity contribution < 1.29 is 9.21 Å². The van der Waals surface area contributed by atoms with Crippen molar-refractivity contribution in [2.75, 3.05) is 19.6 Å². The molecule has 0 N–H and O–H groups in total. The van der Waals surface area contributed by atoms with Crippen molar-refractivity contribution in [1.29, 1.82) is 0 Å². The van der Waals surface area contributed by atoms with Crippen LogP contribution in [0.5, 0.6) is 0 Å². The SMILES string of the molecule is CCN(CC)CCn1c2ccccc2n2c(C(=O)c3ccco3)c(C)nc12. The molecule has 0 aliphatic rings. The number of aryl methyl sites for hydroxylation is 1. The van der Waals surface area contributed by atoms with Gasteiger partial charge in [0, 0.05) is 13.1 Å². The van der Waals surface area contributed by atoms with Crippen molar-refractivity contribution in [2.45, 2.75) is 27.3 Å². The van der Waals surface area contributed by atoms with Gasteiger partial charge in [-0.25, -0.2) is 4.98 Å². The number of ketones is 1. The Hall–Kier alpha value is -2.86. The van der Waals surface area contributed by atoms with Crippen LogP contribution in [0.4, 0.5) is 0 Å². The second-order valence-electron chi connectivity index (χ2n) is 6.65. The molecule has 0 aliphatic carbocycles. The van der Waals surface area contributed by atoms with E-state index < -0.39 is 0 Å². The van der Waals surface area contributed by atoms with Gasteiger partial charge in [0.2, 0.25) is 11.6 Å². The fourth-order valence-corrected chi connectivity index (χ4v) is 3.71. The maximum atomic E-state index is 13.0. The van der Waals surface area contributed by atoms with E-state index in [1.807, 2.05) is 29.5 Å². The molecule has 6 nitrogen and oxygen atoms in total. The van der Waals surface area contributed by atoms with Gasteiger partial charge in [0.1, 0.15) is 5.69 Å². The third-order valence-electron chi connectivity index (χ3n) is 5.18. The van der Waals surface area contributed by atoms with Crippen molar-refractivity contribution in [1.82, 2.24) is 18.9 Å². The lowest BCUT2D eigenvalue weighted by molar-refractivity contribution is 0.100. The number of benzene rings is 1. The van der Waals surface area contributed by atoms with Gasteiger partial charge in [-0.05, 0) is 44.3 Å². The van der Waals surface area contributed by atoms with Gasteiger partial charge in [0.15, 0.2) is 5.76 Å². The van der Waals surface area contributed by atoms with Gasteiger partial charge < -0.3 is 13.9 Å². The summed E-state index contributed by atoms with van der Waals surface area (Å²) >= 11 is 0. The molecular weight excluding hydrogens is 340 g/mol. The highest BCUT2D eigenvalue weighted by atomic mass is 16.3. The van der Waals surface area contributed by atoms with Crippen LogP contribution < -0.4 is 0 Å². The summed E-state index contributed by atoms with van der Waals surface area (Å²) in [7, 11) is 0. The normalized spacial score (nSPS) is 11.9. The van der Waals surface area contributed by atoms with Gasteiger partial charge in [-0.2, -0.15) is 0 Å². The Morgan fingerprint density at radius 2 is 1.85 bits per heavy atom. The van der Waals surface area contributed by atoms with Crippen LogP contribution in [0, 0.1) is 6.92 Å². The Morgan fingerprint density at radius 3 is 2.52 bits per heavy atom. The number of carbonyl (C=O) groups is 1. The average molecular weight is 364 g/mol. The molecule has 6 heteroatoms. The quantitative estimate of drug-likeness (QED) is 0.469. The van der Waals surface area contributed by atoms with Crippen molar-refractivity contribution >= 4 is 22.6 Å². The largest absolute Gasteiger partial charge is 0.461 e. The molecule has 0 bridgehead atoms. The van der Waals surface area contributed by atoms with Crippen LogP contribution in [0.25, 0.3) is 16.8 Å². The first-order chi connectivity index (χ1) is 13.2. The third-order valence-corrected chi connectivity index (χ3v) is 5.18. The van der Waals surface area contributed by atoms with Gasteiger partial charge in [-0.1, -0.05) is 26.0 Å². The third kappa shape index (κ3) is 2.86. The molecule has 0 spiro atoms. The number of fused-ring (bicyclic) bond motifs is 3. The number of furan rings is 1. The molecule has 3 aromatic heterocycles. The summed E-state index contributed by atoms with van der Waals surface area (Å²) in [6, 6.07) is 11.6. The minimum Gasteiger partial charge on any atom is -0.461 e. The highest BCUT2D eigenvalue weighted by molar-refractivity contribution is 6.08. The van der Waals surface area contributed by atoms with E-state index in [-0.39, 0.29) is 5.78 Å². The lowest BCUT2D eigenvalue weighted by atomic mass is 10.2. The summed E-state index contributed by atoms with van der Waals surface area (Å²) < 4.78 is 9.52. The second kappa shape index (κ2) is 7.04. The maximum absolute atomic E-state index is 13.0. The number of imidazole rings is 2. The lowest BCUT2D eigenvalue weighted by Crippen LogP contribution is -2.27. The molecule has 0 saturated carbocycles. The van der Waals surface area contributed by atoms with Gasteiger partial charge in [-0.3, -0.25) is 9.20 Å². The number of hydrogen-bond donors (Lipinski definition) is 0. The molecule has 27 heavy (non-hydrogen) atoms. The fraction of sp³-hybridized carbons (Fsp3) is 0.333. The molecular formula is C21H24N4O2. The number of aromatic nitrogens is 3. The van der Waals surface area contributed by atoms with Crippen molar-refractivity contribution in [3.8, 4) is 0 Å². The number of rotatable bonds is 7. The van der Waals surface area contributed by atoms with Crippen molar-refractivity contribution in [3.05, 3.63) is 59.8 Å². The van der Waals surface area contributed by atoms with Gasteiger partial charge in [0.25, 0.3) is 0 Å². The molecule has 3 heterocycles. The molecule has 0 saturated heterocycles. The monoisotopic (exact) mass is 364 g/mol. The van der Waals surface area contributed by atoms with E-state index in [0.717, 1.165) is 43.0 Å². The number of hydrogen-bond acceptors (Lipinski definition) is 4. The molecule has 0 atom stereocenters. The fourth-order valence-electron chi connectivity index (χ4n) is 3.71. The van der Waals surface area contributed by atoms with Crippen LogP contribution in [0.15, 0.2) is 47.1 Å². The Bertz CT molecular complexity index is 1080. The molecule has 0 unspecified atom stereocenters. The van der Waals surface area contributed by atoms with Crippen LogP contribution in [-0.2, 0) is 6.54 Å². The van der Waals surface area contributed by atoms with E-state index in [0.29, 0.717) is 17.1 Å². The summed E-state index contributed by atoms with van der Waals surface area (Å²) in [6.07, 6.45) is 1.52. The Balaban J connectivity index is 1.89. The van der Waals surface area contributed by atoms with Crippen LogP contribution >= 0.6 is 0 Å². The van der Waals surface area contributed by atoms with Gasteiger partial charge in [0.05, 0.1) is 23.0 Å². The predicted octanol–water partition coefficient (Wildman–Crippen LogP) is 3.76. The highest BCUT2D eigenvalue weighted by Crippen LogP contribution is 2.26. The summed E-state index contributed by atoms with van der Waals surface area (Å²) in [6.45, 7) is 10.0. The first kappa shape index (κ1) is 17.5. The molecule has 1 aromatic carbocycles. The zero-order valence-electron chi connectivity index (χ0n) is 16.0. The summed E-state index contributed by atoms with van der Waals surface area (Å²) in [4.78, 5) is 20.2. The van der Waals surface area contributed by atoms with Crippen LogP contribution in [0.3, 0.4) is 0 Å². The van der Waals surface area contributed by atoms with Gasteiger partial charge in [-0.15, -0.1) is 0 Å². The summed E-state index contributed by atoms with van der Waals surface area (Å²) in [5, 5.41) is 0. The Labute approximate surface area is 158 Å². The van der Waals surface area contributed by atoms with E-state index >= 15 is 0 Å². The standard InChI is InChI=1S/C21H24N4O2/c1-4-23(5-2)12-13-24-16-9-6-7-10-17(16)25-19(15(3)22-21(24)25)20(26)18-11-8-14-27-18/h6-11,14H,4-5,12-13H2,1-3H3. The zero-order valence-corrected chi connectivity index (χ0v) is 16.0. The molecule has 0 radical (unpaired) electrons. The van der Waals surface area contributed by atoms with Crippen molar-refractivity contribution in [2.24, 2.45) is 0 Å². The number of nitrogens with zero attached hydrogens (tertiary/aromatic N) is 4. The summed E-state index contributed by atoms with van der Waals surface area (Å²) in [5.74, 6) is 0.993. The first-order valence-corrected chi connectivity index (χ1v) is 9.42. The molecule has 4 aromatic rings. The van der Waals surface area contributed by atoms with Crippen LogP contribution in [-0.4, -0.2) is 44.3 Å². The minimum absolute atomic E-state index is 0.142. The molecule has 0 aliphatic heterocycles. The molecule has 140 valence electrons. The Kier molecular flexibility index (Phi) is 4.58. The predicted molar refractivity (Wildman–Crippen MR) is 105 cm³/mol. The molecule has 0 fully saturated rings. The lowest BCUT2D eigenvalue weighted by Gasteiger charge is -2.18. The smallest absolute Gasteiger partial charge is 0.246 e. The maximum Gasteiger partial charge on any atom is 0.246 e. The van der Waals surface area contributed by atoms with E-state index in [2.05, 4.69) is 29.4 Å². The first-order valence-electron chi connectivity index (χ1n) is 9.42. The van der Waals surface area contributed by atoms with E-state index in [9.17, 15) is 4.79 Å². The van der Waals surface area contributed by atoms with Gasteiger partial charge >= 0.3 is 0 Å². The highest BCUT2D eigenvalue weighted by Gasteiger charge is 2.25. The molecule has 4 rings (SSSR count). The van der Waals surface area contributed by atoms with E-state index in [1.165, 1.54) is 6.26 Å². The number of likely N-dealkylation sites (N-methyl/N-ethyl adjacent to an activating group) is 1. The Morgan fingerprint density at radius 1 is 1.11 bits per heavy atom. The van der Waals surface area contributed by atoms with E-state index in [1.54, 1.807) is 12.1 Å². The van der Waals surface area contributed by atoms with Crippen LogP contribution in [0.1, 0.15) is 35.8 Å². The summed E-state index contributed by atoms with van der Waals surface area (Å²) in [5.41, 5.74) is 3.36. The number of carbonyl (C=O) groups excluding carboxylic acids is 1. The number of para-hydroxylation sites is 2. The minimum atomic E-state index is -0.142.